The molecule has 1 aromatic carbocycles. The number of nitrogens with zero attached hydrogens (tertiary/aromatic N) is 1. The fourth-order valence-corrected chi connectivity index (χ4v) is 3.61. The van der Waals surface area contributed by atoms with Crippen LogP contribution in [-0.4, -0.2) is 16.7 Å². The lowest BCUT2D eigenvalue weighted by molar-refractivity contribution is 0.201. The van der Waals surface area contributed by atoms with E-state index in [2.05, 4.69) is 42.9 Å². The van der Waals surface area contributed by atoms with E-state index in [-0.39, 0.29) is 0 Å². The van der Waals surface area contributed by atoms with Crippen LogP contribution < -0.4 is 4.74 Å². The molecule has 3 nitrogen and oxygen atoms in total. The largest absolute Gasteiger partial charge is 0.493 e. The normalized spacial score (nSPS) is 15.3. The topological polar surface area (TPSA) is 42.4 Å². The van der Waals surface area contributed by atoms with Crippen LogP contribution in [0, 0.1) is 0 Å². The summed E-state index contributed by atoms with van der Waals surface area (Å²) in [7, 11) is 0. The van der Waals surface area contributed by atoms with Crippen LogP contribution in [0.3, 0.4) is 0 Å². The number of aliphatic hydroxyl groups is 1. The molecule has 1 N–H and O–H groups in total. The highest BCUT2D eigenvalue weighted by Crippen LogP contribution is 2.37. The average Bonchev–Trinajstić information content (AvgIpc) is 2.46. The number of para-hydroxylation sites is 1. The molecule has 20 heavy (non-hydrogen) atoms. The van der Waals surface area contributed by atoms with Crippen molar-refractivity contribution in [1.82, 2.24) is 4.98 Å². The summed E-state index contributed by atoms with van der Waals surface area (Å²) in [5, 5.41) is 10.6. The summed E-state index contributed by atoms with van der Waals surface area (Å²) < 4.78 is 7.39. The van der Waals surface area contributed by atoms with Crippen molar-refractivity contribution in [3.63, 3.8) is 0 Å². The van der Waals surface area contributed by atoms with Crippen LogP contribution in [-0.2, 0) is 6.42 Å². The molecule has 0 aliphatic carbocycles. The minimum atomic E-state index is -0.800. The number of benzene rings is 1. The highest BCUT2D eigenvalue weighted by molar-refractivity contribution is 9.11. The number of hydrogen-bond donors (Lipinski definition) is 1. The van der Waals surface area contributed by atoms with Crippen molar-refractivity contribution in [2.24, 2.45) is 0 Å². The van der Waals surface area contributed by atoms with Crippen LogP contribution in [0.4, 0.5) is 0 Å². The summed E-state index contributed by atoms with van der Waals surface area (Å²) >= 11 is 6.81. The Kier molecular flexibility index (Phi) is 4.10. The summed E-state index contributed by atoms with van der Waals surface area (Å²) in [4.78, 5) is 4.30. The lowest BCUT2D eigenvalue weighted by Gasteiger charge is -2.23. The van der Waals surface area contributed by atoms with Gasteiger partial charge in [-0.25, -0.2) is 0 Å². The van der Waals surface area contributed by atoms with E-state index in [1.165, 1.54) is 0 Å². The highest BCUT2D eigenvalue weighted by atomic mass is 79.9. The smallest absolute Gasteiger partial charge is 0.128 e. The summed E-state index contributed by atoms with van der Waals surface area (Å²) in [5.74, 6) is 0.808. The minimum absolute atomic E-state index is 0.593. The Bertz CT molecular complexity index is 646. The molecule has 0 radical (unpaired) electrons. The van der Waals surface area contributed by atoms with Crippen LogP contribution in [0.15, 0.2) is 39.4 Å². The molecule has 1 unspecified atom stereocenters. The maximum absolute atomic E-state index is 10.6. The summed E-state index contributed by atoms with van der Waals surface area (Å²) in [6.45, 7) is 0.700. The molecule has 0 saturated heterocycles. The average molecular weight is 399 g/mol. The molecule has 0 bridgehead atoms. The number of aryl methyl sites for hydroxylation is 1. The molecule has 0 amide bonds. The fraction of sp³-hybridized carbons (Fsp3) is 0.267. The van der Waals surface area contributed by atoms with Crippen LogP contribution in [0.2, 0.25) is 0 Å². The Morgan fingerprint density at radius 3 is 2.95 bits per heavy atom. The minimum Gasteiger partial charge on any atom is -0.493 e. The molecule has 1 aliphatic heterocycles. The van der Waals surface area contributed by atoms with Gasteiger partial charge >= 0.3 is 0 Å². The summed E-state index contributed by atoms with van der Waals surface area (Å²) in [6.07, 6.45) is 2.89. The van der Waals surface area contributed by atoms with E-state index < -0.39 is 6.10 Å². The Morgan fingerprint density at radius 1 is 1.30 bits per heavy atom. The van der Waals surface area contributed by atoms with Gasteiger partial charge in [-0.2, -0.15) is 0 Å². The van der Waals surface area contributed by atoms with Gasteiger partial charge in [0.05, 0.1) is 12.3 Å². The first-order valence-corrected chi connectivity index (χ1v) is 7.99. The molecular formula is C15H13Br2NO2. The second-order valence-electron chi connectivity index (χ2n) is 4.71. The number of fused-ring (bicyclic) bond motifs is 1. The fourth-order valence-electron chi connectivity index (χ4n) is 2.40. The van der Waals surface area contributed by atoms with E-state index in [9.17, 15) is 5.11 Å². The zero-order valence-electron chi connectivity index (χ0n) is 10.6. The number of pyridine rings is 1. The molecular weight excluding hydrogens is 386 g/mol. The van der Waals surface area contributed by atoms with Gasteiger partial charge in [0.15, 0.2) is 0 Å². The van der Waals surface area contributed by atoms with Crippen LogP contribution >= 0.6 is 31.9 Å². The van der Waals surface area contributed by atoms with Crippen LogP contribution in [0.5, 0.6) is 5.75 Å². The third-order valence-corrected chi connectivity index (χ3v) is 4.42. The lowest BCUT2D eigenvalue weighted by atomic mass is 9.98. The van der Waals surface area contributed by atoms with Gasteiger partial charge in [-0.3, -0.25) is 4.98 Å². The molecule has 1 aliphatic rings. The lowest BCUT2D eigenvalue weighted by Crippen LogP contribution is -2.13. The number of aliphatic hydroxyl groups excluding tert-OH is 1. The van der Waals surface area contributed by atoms with E-state index >= 15 is 0 Å². The molecule has 2 aromatic rings. The van der Waals surface area contributed by atoms with Crippen LogP contribution in [0.25, 0.3) is 0 Å². The van der Waals surface area contributed by atoms with Crippen LogP contribution in [0.1, 0.15) is 29.3 Å². The Morgan fingerprint density at radius 2 is 2.15 bits per heavy atom. The first kappa shape index (κ1) is 14.0. The third kappa shape index (κ3) is 2.62. The Balaban J connectivity index is 2.04. The van der Waals surface area contributed by atoms with Gasteiger partial charge in [-0.15, -0.1) is 0 Å². The Hall–Kier alpha value is -0.910. The summed E-state index contributed by atoms with van der Waals surface area (Å²) in [6, 6.07) is 7.78. The maximum Gasteiger partial charge on any atom is 0.128 e. The van der Waals surface area contributed by atoms with Gasteiger partial charge in [0.2, 0.25) is 0 Å². The molecule has 104 valence electrons. The molecule has 1 aromatic heterocycles. The van der Waals surface area contributed by atoms with E-state index in [0.717, 1.165) is 38.7 Å². The number of ether oxygens (including phenoxy) is 1. The van der Waals surface area contributed by atoms with E-state index in [4.69, 9.17) is 4.74 Å². The first-order chi connectivity index (χ1) is 9.66. The molecule has 1 atom stereocenters. The van der Waals surface area contributed by atoms with Gasteiger partial charge in [-0.1, -0.05) is 18.2 Å². The Labute approximate surface area is 134 Å². The molecule has 0 fully saturated rings. The van der Waals surface area contributed by atoms with Crippen molar-refractivity contribution in [3.8, 4) is 5.75 Å². The van der Waals surface area contributed by atoms with E-state index in [1.807, 2.05) is 18.2 Å². The number of halogens is 2. The first-order valence-electron chi connectivity index (χ1n) is 6.40. The van der Waals surface area contributed by atoms with Crippen molar-refractivity contribution in [2.75, 3.05) is 6.61 Å². The summed E-state index contributed by atoms with van der Waals surface area (Å²) in [5.41, 5.74) is 2.52. The maximum atomic E-state index is 10.6. The predicted octanol–water partition coefficient (Wildman–Crippen LogP) is 4.01. The molecule has 3 rings (SSSR count). The number of hydrogen-bond acceptors (Lipinski definition) is 3. The third-order valence-electron chi connectivity index (χ3n) is 3.35. The van der Waals surface area contributed by atoms with Crippen molar-refractivity contribution in [3.05, 3.63) is 56.2 Å². The van der Waals surface area contributed by atoms with Gasteiger partial charge in [0, 0.05) is 20.7 Å². The second-order valence-corrected chi connectivity index (χ2v) is 6.48. The number of aromatic nitrogens is 1. The van der Waals surface area contributed by atoms with Crippen molar-refractivity contribution >= 4 is 31.9 Å². The second kappa shape index (κ2) is 5.84. The molecule has 0 saturated carbocycles. The standard InChI is InChI=1S/C15H13Br2NO2/c16-10-7-12(17)13(18-8-10)14(19)11-5-1-3-9-4-2-6-20-15(9)11/h1,3,5,7-8,14,19H,2,4,6H2. The van der Waals surface area contributed by atoms with Crippen molar-refractivity contribution in [1.29, 1.82) is 0 Å². The zero-order chi connectivity index (χ0) is 14.1. The van der Waals surface area contributed by atoms with Gasteiger partial charge in [-0.05, 0) is 56.3 Å². The van der Waals surface area contributed by atoms with Gasteiger partial charge < -0.3 is 9.84 Å². The molecule has 2 heterocycles. The number of rotatable bonds is 2. The van der Waals surface area contributed by atoms with Crippen molar-refractivity contribution < 1.29 is 9.84 Å². The zero-order valence-corrected chi connectivity index (χ0v) is 13.8. The van der Waals surface area contributed by atoms with Gasteiger partial charge in [0.1, 0.15) is 11.9 Å². The highest BCUT2D eigenvalue weighted by Gasteiger charge is 2.23. The SMILES string of the molecule is OC(c1cccc2c1OCCC2)c1ncc(Br)cc1Br. The van der Waals surface area contributed by atoms with E-state index in [1.54, 1.807) is 6.20 Å². The quantitative estimate of drug-likeness (QED) is 0.830. The van der Waals surface area contributed by atoms with E-state index in [0.29, 0.717) is 12.3 Å². The molecule has 5 heteroatoms. The predicted molar refractivity (Wildman–Crippen MR) is 84.0 cm³/mol. The monoisotopic (exact) mass is 397 g/mol. The van der Waals surface area contributed by atoms with Gasteiger partial charge in [0.25, 0.3) is 0 Å². The molecule has 0 spiro atoms. The van der Waals surface area contributed by atoms with Crippen molar-refractivity contribution in [2.45, 2.75) is 18.9 Å².